The van der Waals surface area contributed by atoms with Crippen molar-refractivity contribution in [3.05, 3.63) is 47.2 Å². The number of allylic oxidation sites excluding steroid dienone is 1. The minimum atomic E-state index is -0.800. The first-order valence-corrected chi connectivity index (χ1v) is 16.0. The highest BCUT2D eigenvalue weighted by molar-refractivity contribution is 6.30. The quantitative estimate of drug-likeness (QED) is 0.367. The number of hydrogen-bond donors (Lipinski definition) is 2. The molecule has 8 atom stereocenters. The highest BCUT2D eigenvalue weighted by Gasteiger charge is 2.44. The number of aliphatic hydroxyl groups excluding tert-OH is 2. The summed E-state index contributed by atoms with van der Waals surface area (Å²) in [6, 6.07) is 7.71. The Morgan fingerprint density at radius 1 is 1.10 bits per heavy atom. The molecule has 2 saturated heterocycles. The summed E-state index contributed by atoms with van der Waals surface area (Å²) in [6.45, 7) is 19.9. The zero-order valence-electron chi connectivity index (χ0n) is 27.9. The van der Waals surface area contributed by atoms with Crippen LogP contribution in [0.15, 0.2) is 36.6 Å². The summed E-state index contributed by atoms with van der Waals surface area (Å²) >= 11 is 6.20. The van der Waals surface area contributed by atoms with Crippen molar-refractivity contribution in [2.45, 2.75) is 124 Å². The lowest BCUT2D eigenvalue weighted by atomic mass is 9.72. The normalized spacial score (nSPS) is 32.2. The van der Waals surface area contributed by atoms with Gasteiger partial charge in [-0.3, -0.25) is 4.90 Å². The molecule has 0 saturated carbocycles. The minimum Gasteiger partial charge on any atom is -0.498 e. The van der Waals surface area contributed by atoms with Crippen LogP contribution in [0.1, 0.15) is 86.1 Å². The lowest BCUT2D eigenvalue weighted by Crippen LogP contribution is -2.57. The zero-order valence-corrected chi connectivity index (χ0v) is 28.7. The molecule has 7 nitrogen and oxygen atoms in total. The molecule has 1 aromatic rings. The predicted molar refractivity (Wildman–Crippen MR) is 172 cm³/mol. The molecule has 0 radical (unpaired) electrons. The molecule has 0 spiro atoms. The molecule has 2 aliphatic heterocycles. The van der Waals surface area contributed by atoms with Gasteiger partial charge in [0.15, 0.2) is 6.29 Å². The second-order valence-corrected chi connectivity index (χ2v) is 13.0. The van der Waals surface area contributed by atoms with Crippen LogP contribution < -0.4 is 0 Å². The van der Waals surface area contributed by atoms with Crippen LogP contribution in [-0.4, -0.2) is 79.7 Å². The Balaban J connectivity index is 0.00000165. The topological polar surface area (TPSA) is 80.6 Å². The van der Waals surface area contributed by atoms with Gasteiger partial charge < -0.3 is 29.2 Å². The molecular formula is C34H60ClNO6. The smallest absolute Gasteiger partial charge is 0.185 e. The largest absolute Gasteiger partial charge is 0.498 e. The SMILES string of the molecule is C=C1CCC(C)C(OC2OC(C)CC(N(C)Cc3cccc(Cl)c3)C2O)C(C)(C)CC(C)C(O)CCO1.CC.COC. The average molecular weight is 614 g/mol. The number of methoxy groups -OCH3 is 1. The molecule has 8 unspecified atom stereocenters. The van der Waals surface area contributed by atoms with E-state index < -0.39 is 18.5 Å². The molecule has 0 amide bonds. The van der Waals surface area contributed by atoms with E-state index >= 15 is 0 Å². The van der Waals surface area contributed by atoms with Gasteiger partial charge in [-0.25, -0.2) is 0 Å². The van der Waals surface area contributed by atoms with Crippen molar-refractivity contribution >= 4 is 11.6 Å². The Bertz CT molecular complexity index is 899. The van der Waals surface area contributed by atoms with E-state index in [1.165, 1.54) is 0 Å². The molecule has 3 rings (SSSR count). The molecule has 0 bridgehead atoms. The van der Waals surface area contributed by atoms with Crippen LogP contribution >= 0.6 is 11.6 Å². The van der Waals surface area contributed by atoms with E-state index in [4.69, 9.17) is 25.8 Å². The summed E-state index contributed by atoms with van der Waals surface area (Å²) in [6.07, 6.45) is 1.45. The second kappa shape index (κ2) is 19.3. The van der Waals surface area contributed by atoms with Gasteiger partial charge >= 0.3 is 0 Å². The lowest BCUT2D eigenvalue weighted by molar-refractivity contribution is -0.288. The van der Waals surface area contributed by atoms with Crippen molar-refractivity contribution in [1.29, 1.82) is 0 Å². The van der Waals surface area contributed by atoms with E-state index in [1.54, 1.807) is 14.2 Å². The number of benzene rings is 1. The van der Waals surface area contributed by atoms with Crippen LogP contribution in [0, 0.1) is 17.3 Å². The van der Waals surface area contributed by atoms with Crippen LogP contribution in [0.3, 0.4) is 0 Å². The van der Waals surface area contributed by atoms with Gasteiger partial charge in [0.05, 0.1) is 30.7 Å². The minimum absolute atomic E-state index is 0.0567. The van der Waals surface area contributed by atoms with Gasteiger partial charge in [-0.1, -0.05) is 71.9 Å². The van der Waals surface area contributed by atoms with Gasteiger partial charge in [0.2, 0.25) is 0 Å². The summed E-state index contributed by atoms with van der Waals surface area (Å²) < 4.78 is 23.0. The average Bonchev–Trinajstić information content (AvgIpc) is 2.92. The summed E-state index contributed by atoms with van der Waals surface area (Å²) in [5, 5.41) is 22.9. The Labute approximate surface area is 261 Å². The maximum absolute atomic E-state index is 11.5. The van der Waals surface area contributed by atoms with Crippen LogP contribution in [0.25, 0.3) is 0 Å². The van der Waals surface area contributed by atoms with E-state index in [9.17, 15) is 10.2 Å². The molecule has 0 aromatic heterocycles. The standard InChI is InChI=1S/C30H48ClNO5.C2H6O.C2H6/c1-19-11-12-21(3)35-14-13-26(33)20(2)17-30(5,6)28(19)37-29-27(34)25(15-22(4)36-29)32(7)18-23-9-8-10-24(31)16-23;1-3-2;1-2/h8-10,16,19-20,22,25-29,33-34H,3,11-15,17-18H2,1-2,4-7H3;1-2H3;1-2H3. The number of aliphatic hydroxyl groups is 2. The summed E-state index contributed by atoms with van der Waals surface area (Å²) in [5.41, 5.74) is 0.857. The number of hydrogen-bond acceptors (Lipinski definition) is 7. The molecule has 2 fully saturated rings. The highest BCUT2D eigenvalue weighted by Crippen LogP contribution is 2.40. The summed E-state index contributed by atoms with van der Waals surface area (Å²) in [7, 11) is 5.28. The van der Waals surface area contributed by atoms with Gasteiger partial charge in [0, 0.05) is 44.7 Å². The van der Waals surface area contributed by atoms with Crippen LogP contribution in [0.4, 0.5) is 0 Å². The van der Waals surface area contributed by atoms with Gasteiger partial charge in [0.1, 0.15) is 6.10 Å². The van der Waals surface area contributed by atoms with Crippen molar-refractivity contribution in [2.75, 3.05) is 27.9 Å². The van der Waals surface area contributed by atoms with E-state index in [2.05, 4.69) is 43.9 Å². The maximum Gasteiger partial charge on any atom is 0.185 e. The number of nitrogens with zero attached hydrogens (tertiary/aromatic N) is 1. The van der Waals surface area contributed by atoms with Gasteiger partial charge in [-0.2, -0.15) is 0 Å². The van der Waals surface area contributed by atoms with Crippen LogP contribution in [-0.2, 0) is 25.5 Å². The molecule has 2 heterocycles. The summed E-state index contributed by atoms with van der Waals surface area (Å²) in [5.74, 6) is 1.00. The first-order chi connectivity index (χ1) is 19.8. The molecule has 2 N–H and O–H groups in total. The van der Waals surface area contributed by atoms with Crippen molar-refractivity contribution in [2.24, 2.45) is 17.3 Å². The van der Waals surface area contributed by atoms with Gasteiger partial charge in [-0.05, 0) is 68.2 Å². The fraction of sp³-hybridized carbons (Fsp3) is 0.765. The monoisotopic (exact) mass is 613 g/mol. The first-order valence-electron chi connectivity index (χ1n) is 15.6. The fourth-order valence-corrected chi connectivity index (χ4v) is 6.37. The van der Waals surface area contributed by atoms with Crippen LogP contribution in [0.5, 0.6) is 0 Å². The molecule has 1 aromatic carbocycles. The Morgan fingerprint density at radius 3 is 2.36 bits per heavy atom. The Hall–Kier alpha value is -1.19. The van der Waals surface area contributed by atoms with Gasteiger partial charge in [0.25, 0.3) is 0 Å². The second-order valence-electron chi connectivity index (χ2n) is 12.5. The van der Waals surface area contributed by atoms with E-state index in [0.29, 0.717) is 31.0 Å². The van der Waals surface area contributed by atoms with E-state index in [0.717, 1.165) is 30.6 Å². The lowest BCUT2D eigenvalue weighted by Gasteiger charge is -2.47. The Kier molecular flexibility index (Phi) is 17.8. The van der Waals surface area contributed by atoms with E-state index in [-0.39, 0.29) is 35.5 Å². The maximum atomic E-state index is 11.5. The number of rotatable bonds is 5. The molecular weight excluding hydrogens is 554 g/mol. The Morgan fingerprint density at radius 2 is 1.74 bits per heavy atom. The van der Waals surface area contributed by atoms with Crippen LogP contribution in [0.2, 0.25) is 5.02 Å². The zero-order chi connectivity index (χ0) is 32.0. The third kappa shape index (κ3) is 12.4. The molecule has 244 valence electrons. The van der Waals surface area contributed by atoms with Crippen molar-refractivity contribution in [3.63, 3.8) is 0 Å². The van der Waals surface area contributed by atoms with Crippen molar-refractivity contribution in [3.8, 4) is 0 Å². The molecule has 42 heavy (non-hydrogen) atoms. The third-order valence-electron chi connectivity index (χ3n) is 8.17. The highest BCUT2D eigenvalue weighted by atomic mass is 35.5. The third-order valence-corrected chi connectivity index (χ3v) is 8.41. The molecule has 8 heteroatoms. The first kappa shape index (κ1) is 38.8. The summed E-state index contributed by atoms with van der Waals surface area (Å²) in [4.78, 5) is 2.17. The number of ether oxygens (including phenoxy) is 4. The van der Waals surface area contributed by atoms with Gasteiger partial charge in [-0.15, -0.1) is 0 Å². The molecule has 0 aliphatic carbocycles. The predicted octanol–water partition coefficient (Wildman–Crippen LogP) is 7.07. The van der Waals surface area contributed by atoms with Crippen molar-refractivity contribution < 1.29 is 29.2 Å². The molecule has 2 aliphatic rings. The van der Waals surface area contributed by atoms with E-state index in [1.807, 2.05) is 52.1 Å². The van der Waals surface area contributed by atoms with Crippen molar-refractivity contribution in [1.82, 2.24) is 4.90 Å². The fourth-order valence-electron chi connectivity index (χ4n) is 6.16. The number of halogens is 1. The number of likely N-dealkylation sites (N-methyl/N-ethyl adjacent to an activating group) is 1.